The number of nitrogens with one attached hydrogen (secondary N) is 1. The van der Waals surface area contributed by atoms with Crippen molar-refractivity contribution in [3.05, 3.63) is 54.0 Å². The van der Waals surface area contributed by atoms with Gasteiger partial charge in [-0.25, -0.2) is 4.98 Å². The van der Waals surface area contributed by atoms with Crippen molar-refractivity contribution in [3.63, 3.8) is 0 Å². The van der Waals surface area contributed by atoms with E-state index in [1.54, 1.807) is 6.20 Å². The molecule has 1 N–H and O–H groups in total. The van der Waals surface area contributed by atoms with Crippen molar-refractivity contribution in [3.8, 4) is 5.88 Å². The number of rotatable bonds is 7. The van der Waals surface area contributed by atoms with Crippen LogP contribution in [0.4, 0.5) is 0 Å². The quantitative estimate of drug-likeness (QED) is 0.787. The highest BCUT2D eigenvalue weighted by atomic mass is 16.5. The lowest BCUT2D eigenvalue weighted by molar-refractivity contribution is 0.298. The summed E-state index contributed by atoms with van der Waals surface area (Å²) in [4.78, 5) is 8.25. The fraction of sp³-hybridized carbons (Fsp3) is 0.375. The molecule has 0 aliphatic heterocycles. The molecule has 0 fully saturated rings. The Hall–Kier alpha value is -1.94. The van der Waals surface area contributed by atoms with E-state index in [1.165, 1.54) is 11.1 Å². The minimum Gasteiger partial charge on any atom is -0.478 e. The number of aryl methyl sites for hydroxylation is 1. The summed E-state index contributed by atoms with van der Waals surface area (Å²) in [6, 6.07) is 8.37. The van der Waals surface area contributed by atoms with Gasteiger partial charge in [0.05, 0.1) is 6.61 Å². The second-order valence-electron chi connectivity index (χ2n) is 4.75. The van der Waals surface area contributed by atoms with E-state index in [1.807, 2.05) is 43.7 Å². The number of pyridine rings is 2. The molecule has 2 aromatic heterocycles. The Balaban J connectivity index is 1.79. The average Bonchev–Trinajstić information content (AvgIpc) is 2.52. The molecule has 1 unspecified atom stereocenters. The lowest BCUT2D eigenvalue weighted by Crippen LogP contribution is -2.12. The Kier molecular flexibility index (Phi) is 5.50. The number of nitrogens with zero attached hydrogens (tertiary/aromatic N) is 2. The van der Waals surface area contributed by atoms with Gasteiger partial charge in [0.1, 0.15) is 0 Å². The highest BCUT2D eigenvalue weighted by Crippen LogP contribution is 2.16. The molecule has 0 aromatic carbocycles. The van der Waals surface area contributed by atoms with E-state index in [-0.39, 0.29) is 0 Å². The molecule has 0 saturated carbocycles. The molecule has 2 heterocycles. The van der Waals surface area contributed by atoms with Crippen LogP contribution < -0.4 is 10.1 Å². The SMILES string of the molecule is CNC(C)c1ccnc(OCCCc2ccncc2)c1. The van der Waals surface area contributed by atoms with Gasteiger partial charge in [-0.2, -0.15) is 0 Å². The van der Waals surface area contributed by atoms with Gasteiger partial charge >= 0.3 is 0 Å². The molecule has 0 spiro atoms. The first-order valence-electron chi connectivity index (χ1n) is 6.94. The predicted molar refractivity (Wildman–Crippen MR) is 79.8 cm³/mol. The van der Waals surface area contributed by atoms with Crippen molar-refractivity contribution in [1.82, 2.24) is 15.3 Å². The van der Waals surface area contributed by atoms with Crippen molar-refractivity contribution in [2.24, 2.45) is 0 Å². The van der Waals surface area contributed by atoms with Crippen molar-refractivity contribution >= 4 is 0 Å². The molecule has 106 valence electrons. The molecule has 0 aliphatic carbocycles. The highest BCUT2D eigenvalue weighted by Gasteiger charge is 2.04. The van der Waals surface area contributed by atoms with Gasteiger partial charge < -0.3 is 10.1 Å². The maximum Gasteiger partial charge on any atom is 0.213 e. The van der Waals surface area contributed by atoms with Crippen LogP contribution in [0, 0.1) is 0 Å². The second-order valence-corrected chi connectivity index (χ2v) is 4.75. The van der Waals surface area contributed by atoms with Gasteiger partial charge in [-0.05, 0) is 56.1 Å². The van der Waals surface area contributed by atoms with Gasteiger partial charge in [0, 0.05) is 30.7 Å². The molecule has 0 bridgehead atoms. The van der Waals surface area contributed by atoms with E-state index in [2.05, 4.69) is 22.2 Å². The molecule has 4 heteroatoms. The van der Waals surface area contributed by atoms with Crippen LogP contribution in [0.3, 0.4) is 0 Å². The summed E-state index contributed by atoms with van der Waals surface area (Å²) in [5.74, 6) is 0.694. The third kappa shape index (κ3) is 4.31. The number of aromatic nitrogens is 2. The van der Waals surface area contributed by atoms with E-state index in [9.17, 15) is 0 Å². The van der Waals surface area contributed by atoms with Crippen molar-refractivity contribution in [2.75, 3.05) is 13.7 Å². The molecular formula is C16H21N3O. The summed E-state index contributed by atoms with van der Waals surface area (Å²) in [5, 5.41) is 3.21. The van der Waals surface area contributed by atoms with E-state index in [0.717, 1.165) is 12.8 Å². The summed E-state index contributed by atoms with van der Waals surface area (Å²) in [7, 11) is 1.94. The van der Waals surface area contributed by atoms with Crippen LogP contribution in [-0.2, 0) is 6.42 Å². The zero-order valence-corrected chi connectivity index (χ0v) is 12.0. The zero-order chi connectivity index (χ0) is 14.2. The van der Waals surface area contributed by atoms with Gasteiger partial charge in [-0.3, -0.25) is 4.98 Å². The minimum atomic E-state index is 0.303. The van der Waals surface area contributed by atoms with Gasteiger partial charge in [0.25, 0.3) is 0 Å². The maximum atomic E-state index is 5.71. The lowest BCUT2D eigenvalue weighted by atomic mass is 10.1. The van der Waals surface area contributed by atoms with Gasteiger partial charge in [0.2, 0.25) is 5.88 Å². The fourth-order valence-electron chi connectivity index (χ4n) is 1.94. The van der Waals surface area contributed by atoms with Crippen LogP contribution in [-0.4, -0.2) is 23.6 Å². The molecule has 0 aliphatic rings. The average molecular weight is 271 g/mol. The van der Waals surface area contributed by atoms with Crippen LogP contribution in [0.5, 0.6) is 5.88 Å². The fourth-order valence-corrected chi connectivity index (χ4v) is 1.94. The Morgan fingerprint density at radius 3 is 2.75 bits per heavy atom. The zero-order valence-electron chi connectivity index (χ0n) is 12.0. The molecule has 2 aromatic rings. The Bertz CT molecular complexity index is 516. The summed E-state index contributed by atoms with van der Waals surface area (Å²) in [6.07, 6.45) is 7.40. The first kappa shape index (κ1) is 14.5. The number of ether oxygens (including phenoxy) is 1. The molecule has 0 saturated heterocycles. The monoisotopic (exact) mass is 271 g/mol. The summed E-state index contributed by atoms with van der Waals surface area (Å²) in [6.45, 7) is 2.79. The number of hydrogen-bond donors (Lipinski definition) is 1. The Morgan fingerprint density at radius 1 is 1.20 bits per heavy atom. The Morgan fingerprint density at radius 2 is 2.00 bits per heavy atom. The molecular weight excluding hydrogens is 250 g/mol. The predicted octanol–water partition coefficient (Wildman–Crippen LogP) is 2.77. The van der Waals surface area contributed by atoms with Crippen molar-refractivity contribution < 1.29 is 4.74 Å². The maximum absolute atomic E-state index is 5.71. The van der Waals surface area contributed by atoms with E-state index in [4.69, 9.17) is 4.74 Å². The highest BCUT2D eigenvalue weighted by molar-refractivity contribution is 5.23. The lowest BCUT2D eigenvalue weighted by Gasteiger charge is -2.12. The van der Waals surface area contributed by atoms with Crippen LogP contribution >= 0.6 is 0 Å². The summed E-state index contributed by atoms with van der Waals surface area (Å²) < 4.78 is 5.71. The molecule has 4 nitrogen and oxygen atoms in total. The van der Waals surface area contributed by atoms with E-state index < -0.39 is 0 Å². The molecule has 0 radical (unpaired) electrons. The third-order valence-electron chi connectivity index (χ3n) is 3.30. The van der Waals surface area contributed by atoms with Crippen LogP contribution in [0.1, 0.15) is 30.5 Å². The summed E-state index contributed by atoms with van der Waals surface area (Å²) >= 11 is 0. The topological polar surface area (TPSA) is 47.0 Å². The van der Waals surface area contributed by atoms with Crippen molar-refractivity contribution in [1.29, 1.82) is 0 Å². The molecule has 2 rings (SSSR count). The largest absolute Gasteiger partial charge is 0.478 e. The first-order valence-corrected chi connectivity index (χ1v) is 6.94. The smallest absolute Gasteiger partial charge is 0.213 e. The normalized spacial score (nSPS) is 12.1. The Labute approximate surface area is 120 Å². The van der Waals surface area contributed by atoms with Gasteiger partial charge in [-0.1, -0.05) is 0 Å². The molecule has 20 heavy (non-hydrogen) atoms. The van der Waals surface area contributed by atoms with Gasteiger partial charge in [0.15, 0.2) is 0 Å². The van der Waals surface area contributed by atoms with E-state index in [0.29, 0.717) is 18.5 Å². The molecule has 0 amide bonds. The van der Waals surface area contributed by atoms with Crippen LogP contribution in [0.2, 0.25) is 0 Å². The van der Waals surface area contributed by atoms with E-state index >= 15 is 0 Å². The summed E-state index contributed by atoms with van der Waals surface area (Å²) in [5.41, 5.74) is 2.47. The minimum absolute atomic E-state index is 0.303. The number of hydrogen-bond acceptors (Lipinski definition) is 4. The second kappa shape index (κ2) is 7.60. The standard InChI is InChI=1S/C16H21N3O/c1-13(17-2)15-7-10-19-16(12-15)20-11-3-4-14-5-8-18-9-6-14/h5-10,12-13,17H,3-4,11H2,1-2H3. The van der Waals surface area contributed by atoms with Crippen molar-refractivity contribution in [2.45, 2.75) is 25.8 Å². The van der Waals surface area contributed by atoms with Gasteiger partial charge in [-0.15, -0.1) is 0 Å². The van der Waals surface area contributed by atoms with Crippen LogP contribution in [0.25, 0.3) is 0 Å². The first-order chi connectivity index (χ1) is 9.79. The molecule has 1 atom stereocenters. The van der Waals surface area contributed by atoms with Crippen LogP contribution in [0.15, 0.2) is 42.9 Å². The third-order valence-corrected chi connectivity index (χ3v) is 3.30.